The highest BCUT2D eigenvalue weighted by Gasteiger charge is 2.15. The van der Waals surface area contributed by atoms with E-state index in [9.17, 15) is 14.7 Å². The number of aromatic nitrogens is 1. The lowest BCUT2D eigenvalue weighted by Gasteiger charge is -2.21. The van der Waals surface area contributed by atoms with Crippen LogP contribution in [0.3, 0.4) is 0 Å². The zero-order valence-electron chi connectivity index (χ0n) is 17.4. The number of aromatic hydroxyl groups is 1. The van der Waals surface area contributed by atoms with E-state index in [1.165, 1.54) is 6.07 Å². The van der Waals surface area contributed by atoms with Crippen molar-refractivity contribution >= 4 is 40.7 Å². The van der Waals surface area contributed by atoms with Crippen molar-refractivity contribution in [1.82, 2.24) is 10.3 Å². The van der Waals surface area contributed by atoms with Crippen molar-refractivity contribution in [2.75, 3.05) is 24.2 Å². The molecule has 1 aromatic heterocycles. The summed E-state index contributed by atoms with van der Waals surface area (Å²) in [6.07, 6.45) is 0.279. The number of phenols is 1. The Hall–Kier alpha value is -3.78. The molecule has 166 valence electrons. The number of carboxylic acids is 1. The Morgan fingerprint density at radius 3 is 2.44 bits per heavy atom. The number of hydrogen-bond acceptors (Lipinski definition) is 6. The highest BCUT2D eigenvalue weighted by molar-refractivity contribution is 6.30. The average Bonchev–Trinajstić information content (AvgIpc) is 2.76. The maximum Gasteiger partial charge on any atom is 0.303 e. The first kappa shape index (κ1) is 22.9. The highest BCUT2D eigenvalue weighted by Crippen LogP contribution is 2.34. The van der Waals surface area contributed by atoms with Crippen molar-refractivity contribution in [2.45, 2.75) is 12.8 Å². The van der Waals surface area contributed by atoms with Crippen LogP contribution < -0.4 is 16.0 Å². The summed E-state index contributed by atoms with van der Waals surface area (Å²) in [6.45, 7) is 0.214. The van der Waals surface area contributed by atoms with Crippen molar-refractivity contribution in [3.63, 3.8) is 0 Å². The third-order valence-electron chi connectivity index (χ3n) is 4.88. The van der Waals surface area contributed by atoms with Crippen LogP contribution in [0.4, 0.5) is 17.2 Å². The average molecular weight is 455 g/mol. The molecule has 0 bridgehead atoms. The van der Waals surface area contributed by atoms with Gasteiger partial charge in [0.05, 0.1) is 11.3 Å². The number of anilines is 3. The molecule has 32 heavy (non-hydrogen) atoms. The maximum atomic E-state index is 12.3. The molecular weight excluding hydrogens is 432 g/mol. The number of carboxylic acid groups (broad SMARTS) is 1. The Bertz CT molecular complexity index is 1140. The second kappa shape index (κ2) is 10.0. The molecule has 5 N–H and O–H groups in total. The van der Waals surface area contributed by atoms with Crippen molar-refractivity contribution in [2.24, 2.45) is 0 Å². The van der Waals surface area contributed by atoms with Crippen LogP contribution in [0.15, 0.2) is 54.6 Å². The van der Waals surface area contributed by atoms with E-state index in [0.717, 1.165) is 11.4 Å². The number of carbonyl (C=O) groups is 2. The van der Waals surface area contributed by atoms with E-state index < -0.39 is 11.9 Å². The number of pyridine rings is 1. The van der Waals surface area contributed by atoms with Crippen LogP contribution in [0.5, 0.6) is 5.75 Å². The van der Waals surface area contributed by atoms with Gasteiger partial charge in [-0.1, -0.05) is 11.6 Å². The topological polar surface area (TPSA) is 129 Å². The minimum atomic E-state index is -0.923. The Kier molecular flexibility index (Phi) is 7.17. The molecule has 0 aliphatic carbocycles. The summed E-state index contributed by atoms with van der Waals surface area (Å²) in [4.78, 5) is 29.1. The Balaban J connectivity index is 1.81. The molecule has 0 spiro atoms. The van der Waals surface area contributed by atoms with Crippen LogP contribution >= 0.6 is 11.6 Å². The number of halogens is 1. The monoisotopic (exact) mass is 454 g/mol. The SMILES string of the molecule is CN(c1ccc(Cl)cc1)c1ccc(O)c(-c2ccc(C(=O)NCCCC(=O)O)c(N)n2)c1. The van der Waals surface area contributed by atoms with Crippen molar-refractivity contribution in [3.8, 4) is 17.0 Å². The fourth-order valence-corrected chi connectivity index (χ4v) is 3.23. The number of nitrogens with one attached hydrogen (secondary N) is 1. The number of nitrogens with zero attached hydrogens (tertiary/aromatic N) is 2. The molecule has 0 aliphatic heterocycles. The van der Waals surface area contributed by atoms with Gasteiger partial charge in [-0.2, -0.15) is 0 Å². The molecule has 0 saturated carbocycles. The fraction of sp³-hybridized carbons (Fsp3) is 0.174. The molecule has 3 rings (SSSR count). The Labute approximate surface area is 190 Å². The third kappa shape index (κ3) is 5.47. The zero-order chi connectivity index (χ0) is 23.3. The first-order valence-corrected chi connectivity index (χ1v) is 10.2. The number of phenolic OH excluding ortho intramolecular Hbond substituents is 1. The van der Waals surface area contributed by atoms with Crippen molar-refractivity contribution in [1.29, 1.82) is 0 Å². The van der Waals surface area contributed by atoms with E-state index in [0.29, 0.717) is 22.7 Å². The quantitative estimate of drug-likeness (QED) is 0.378. The third-order valence-corrected chi connectivity index (χ3v) is 5.13. The summed E-state index contributed by atoms with van der Waals surface area (Å²) in [6, 6.07) is 15.6. The van der Waals surface area contributed by atoms with E-state index in [1.807, 2.05) is 24.1 Å². The van der Waals surface area contributed by atoms with Crippen LogP contribution in [-0.4, -0.2) is 40.7 Å². The molecule has 9 heteroatoms. The normalized spacial score (nSPS) is 10.6. The molecule has 0 fully saturated rings. The van der Waals surface area contributed by atoms with Crippen LogP contribution in [0.25, 0.3) is 11.3 Å². The molecule has 2 aromatic carbocycles. The number of hydrogen-bond donors (Lipinski definition) is 4. The maximum absolute atomic E-state index is 12.3. The van der Waals surface area contributed by atoms with E-state index in [2.05, 4.69) is 10.3 Å². The summed E-state index contributed by atoms with van der Waals surface area (Å²) in [7, 11) is 1.89. The Morgan fingerprint density at radius 2 is 1.78 bits per heavy atom. The largest absolute Gasteiger partial charge is 0.507 e. The van der Waals surface area contributed by atoms with Gasteiger partial charge in [-0.25, -0.2) is 4.98 Å². The molecule has 0 radical (unpaired) electrons. The highest BCUT2D eigenvalue weighted by atomic mass is 35.5. The first-order valence-electron chi connectivity index (χ1n) is 9.85. The lowest BCUT2D eigenvalue weighted by Crippen LogP contribution is -2.26. The van der Waals surface area contributed by atoms with Gasteiger partial charge in [-0.05, 0) is 61.0 Å². The van der Waals surface area contributed by atoms with Gasteiger partial charge in [0, 0.05) is 42.0 Å². The second-order valence-electron chi connectivity index (χ2n) is 7.12. The van der Waals surface area contributed by atoms with Gasteiger partial charge >= 0.3 is 5.97 Å². The van der Waals surface area contributed by atoms with E-state index in [-0.39, 0.29) is 30.1 Å². The van der Waals surface area contributed by atoms with Crippen LogP contribution in [0.1, 0.15) is 23.2 Å². The number of nitrogen functional groups attached to an aromatic ring is 1. The zero-order valence-corrected chi connectivity index (χ0v) is 18.1. The predicted octanol–water partition coefficient (Wildman–Crippen LogP) is 4.05. The molecule has 8 nitrogen and oxygen atoms in total. The van der Waals surface area contributed by atoms with Crippen LogP contribution in [0.2, 0.25) is 5.02 Å². The van der Waals surface area contributed by atoms with E-state index >= 15 is 0 Å². The number of benzene rings is 2. The summed E-state index contributed by atoms with van der Waals surface area (Å²) < 4.78 is 0. The minimum absolute atomic E-state index is 0.00842. The summed E-state index contributed by atoms with van der Waals surface area (Å²) >= 11 is 5.96. The summed E-state index contributed by atoms with van der Waals surface area (Å²) in [5.41, 5.74) is 8.76. The van der Waals surface area contributed by atoms with Gasteiger partial charge in [0.25, 0.3) is 5.91 Å². The lowest BCUT2D eigenvalue weighted by atomic mass is 10.1. The molecule has 3 aromatic rings. The Morgan fingerprint density at radius 1 is 1.09 bits per heavy atom. The fourth-order valence-electron chi connectivity index (χ4n) is 3.11. The van der Waals surface area contributed by atoms with Crippen LogP contribution in [0, 0.1) is 0 Å². The van der Waals surface area contributed by atoms with E-state index in [4.69, 9.17) is 22.4 Å². The second-order valence-corrected chi connectivity index (χ2v) is 7.56. The number of rotatable bonds is 8. The summed E-state index contributed by atoms with van der Waals surface area (Å²) in [5, 5.41) is 22.3. The molecule has 0 atom stereocenters. The number of nitrogens with two attached hydrogens (primary N) is 1. The van der Waals surface area contributed by atoms with Crippen LogP contribution in [-0.2, 0) is 4.79 Å². The number of carbonyl (C=O) groups excluding carboxylic acids is 1. The molecule has 0 saturated heterocycles. The van der Waals surface area contributed by atoms with Crippen molar-refractivity contribution in [3.05, 3.63) is 65.2 Å². The lowest BCUT2D eigenvalue weighted by molar-refractivity contribution is -0.137. The van der Waals surface area contributed by atoms with E-state index in [1.54, 1.807) is 36.4 Å². The number of aliphatic carboxylic acids is 1. The van der Waals surface area contributed by atoms with Gasteiger partial charge in [-0.15, -0.1) is 0 Å². The summed E-state index contributed by atoms with van der Waals surface area (Å²) in [5.74, 6) is -1.33. The van der Waals surface area contributed by atoms with Gasteiger partial charge in [0.15, 0.2) is 0 Å². The molecular formula is C23H23ClN4O4. The molecule has 0 unspecified atom stereocenters. The molecule has 1 heterocycles. The smallest absolute Gasteiger partial charge is 0.303 e. The predicted molar refractivity (Wildman–Crippen MR) is 124 cm³/mol. The van der Waals surface area contributed by atoms with Crippen molar-refractivity contribution < 1.29 is 19.8 Å². The van der Waals surface area contributed by atoms with Gasteiger partial charge < -0.3 is 26.2 Å². The number of amides is 1. The molecule has 0 aliphatic rings. The minimum Gasteiger partial charge on any atom is -0.507 e. The van der Waals surface area contributed by atoms with Gasteiger partial charge in [0.2, 0.25) is 0 Å². The first-order chi connectivity index (χ1) is 15.3. The standard InChI is InChI=1S/C23H23ClN4O4/c1-28(15-6-4-14(24)5-7-15)16-8-11-20(29)18(13-16)19-10-9-17(22(25)27-19)23(32)26-12-2-3-21(30)31/h4-11,13,29H,2-3,12H2,1H3,(H2,25,27)(H,26,32)(H,30,31). The van der Waals surface area contributed by atoms with Gasteiger partial charge in [-0.3, -0.25) is 9.59 Å². The van der Waals surface area contributed by atoms with Gasteiger partial charge in [0.1, 0.15) is 11.6 Å². The molecule has 1 amide bonds.